The van der Waals surface area contributed by atoms with Gasteiger partial charge in [0, 0.05) is 6.04 Å². The number of rotatable bonds is 5. The zero-order valence-electron chi connectivity index (χ0n) is 11.0. The summed E-state index contributed by atoms with van der Waals surface area (Å²) < 4.78 is 23.5. The fourth-order valence-corrected chi connectivity index (χ4v) is 1.45. The van der Waals surface area contributed by atoms with Crippen LogP contribution in [0.4, 0.5) is 4.39 Å². The molecule has 0 saturated heterocycles. The first-order chi connectivity index (χ1) is 8.49. The summed E-state index contributed by atoms with van der Waals surface area (Å²) in [4.78, 5) is 11.2. The fraction of sp³-hybridized carbons (Fsp3) is 0.462. The second kappa shape index (κ2) is 6.35. The molecule has 1 N–H and O–H groups in total. The van der Waals surface area contributed by atoms with Gasteiger partial charge in [-0.25, -0.2) is 9.18 Å². The summed E-state index contributed by atoms with van der Waals surface area (Å²) in [6, 6.07) is 4.70. The van der Waals surface area contributed by atoms with Crippen LogP contribution < -0.4 is 10.1 Å². The second-order valence-electron chi connectivity index (χ2n) is 3.98. The normalized spacial score (nSPS) is 13.8. The van der Waals surface area contributed by atoms with Crippen LogP contribution in [0.15, 0.2) is 18.2 Å². The first kappa shape index (κ1) is 14.4. The second-order valence-corrected chi connectivity index (χ2v) is 3.98. The molecule has 0 aliphatic carbocycles. The third-order valence-electron chi connectivity index (χ3n) is 2.73. The molecule has 0 saturated carbocycles. The molecule has 1 rings (SSSR count). The number of hydrogen-bond acceptors (Lipinski definition) is 4. The van der Waals surface area contributed by atoms with Gasteiger partial charge in [-0.05, 0) is 38.6 Å². The first-order valence-corrected chi connectivity index (χ1v) is 5.70. The number of esters is 1. The van der Waals surface area contributed by atoms with Crippen molar-refractivity contribution in [2.75, 3.05) is 14.2 Å². The van der Waals surface area contributed by atoms with Crippen molar-refractivity contribution in [2.24, 2.45) is 0 Å². The lowest BCUT2D eigenvalue weighted by molar-refractivity contribution is -0.148. The number of carbonyl (C=O) groups is 1. The Hall–Kier alpha value is -1.62. The van der Waals surface area contributed by atoms with E-state index in [2.05, 4.69) is 10.1 Å². The number of halogens is 1. The summed E-state index contributed by atoms with van der Waals surface area (Å²) in [5.74, 6) is -0.993. The van der Waals surface area contributed by atoms with Gasteiger partial charge in [-0.2, -0.15) is 0 Å². The van der Waals surface area contributed by atoms with E-state index in [4.69, 9.17) is 4.74 Å². The van der Waals surface area contributed by atoms with E-state index in [1.165, 1.54) is 26.2 Å². The minimum atomic E-state index is -0.836. The highest BCUT2D eigenvalue weighted by Crippen LogP contribution is 2.23. The largest absolute Gasteiger partial charge is 0.476 e. The average Bonchev–Trinajstić information content (AvgIpc) is 2.38. The van der Waals surface area contributed by atoms with Crippen LogP contribution in [0.1, 0.15) is 25.5 Å². The van der Waals surface area contributed by atoms with Crippen LogP contribution in [0.25, 0.3) is 0 Å². The molecule has 0 amide bonds. The quantitative estimate of drug-likeness (QED) is 0.818. The molecule has 0 fully saturated rings. The Labute approximate surface area is 106 Å². The number of ether oxygens (including phenoxy) is 2. The van der Waals surface area contributed by atoms with E-state index in [9.17, 15) is 9.18 Å². The molecule has 2 atom stereocenters. The van der Waals surface area contributed by atoms with Gasteiger partial charge in [-0.1, -0.05) is 6.07 Å². The molecule has 1 aromatic carbocycles. The molecule has 0 aliphatic heterocycles. The maximum Gasteiger partial charge on any atom is 0.346 e. The van der Waals surface area contributed by atoms with Gasteiger partial charge in [-0.15, -0.1) is 0 Å². The van der Waals surface area contributed by atoms with Gasteiger partial charge in [0.25, 0.3) is 0 Å². The molecule has 0 radical (unpaired) electrons. The number of hydrogen-bond donors (Lipinski definition) is 1. The molecular weight excluding hydrogens is 237 g/mol. The molecule has 0 aromatic heterocycles. The maximum atomic E-state index is 13.8. The summed E-state index contributed by atoms with van der Waals surface area (Å²) >= 11 is 0. The zero-order chi connectivity index (χ0) is 13.7. The van der Waals surface area contributed by atoms with E-state index in [0.717, 1.165) is 5.56 Å². The van der Waals surface area contributed by atoms with Crippen LogP contribution in [0, 0.1) is 5.82 Å². The molecular formula is C13H18FNO3. The Kier molecular flexibility index (Phi) is 5.09. The van der Waals surface area contributed by atoms with Crippen LogP contribution in [0.3, 0.4) is 0 Å². The van der Waals surface area contributed by atoms with E-state index in [1.807, 2.05) is 6.92 Å². The summed E-state index contributed by atoms with van der Waals surface area (Å²) in [5, 5.41) is 3.01. The van der Waals surface area contributed by atoms with Crippen molar-refractivity contribution < 1.29 is 18.7 Å². The van der Waals surface area contributed by atoms with Crippen molar-refractivity contribution in [3.05, 3.63) is 29.6 Å². The van der Waals surface area contributed by atoms with Crippen molar-refractivity contribution in [2.45, 2.75) is 26.0 Å². The summed E-state index contributed by atoms with van der Waals surface area (Å²) in [6.45, 7) is 3.43. The molecule has 5 heteroatoms. The van der Waals surface area contributed by atoms with Gasteiger partial charge in [0.15, 0.2) is 17.7 Å². The van der Waals surface area contributed by atoms with E-state index < -0.39 is 17.9 Å². The molecule has 0 spiro atoms. The lowest BCUT2D eigenvalue weighted by Gasteiger charge is -2.15. The molecule has 2 unspecified atom stereocenters. The van der Waals surface area contributed by atoms with Crippen LogP contribution in [0.2, 0.25) is 0 Å². The summed E-state index contributed by atoms with van der Waals surface area (Å²) in [5.41, 5.74) is 0.813. The Balaban J connectivity index is 2.83. The molecule has 0 heterocycles. The zero-order valence-corrected chi connectivity index (χ0v) is 11.0. The highest BCUT2D eigenvalue weighted by Gasteiger charge is 2.17. The minimum absolute atomic E-state index is 0.0416. The van der Waals surface area contributed by atoms with Gasteiger partial charge >= 0.3 is 5.97 Å². The predicted octanol–water partition coefficient (Wildman–Crippen LogP) is 2.05. The van der Waals surface area contributed by atoms with Crippen LogP contribution >= 0.6 is 0 Å². The van der Waals surface area contributed by atoms with Crippen LogP contribution in [0.5, 0.6) is 5.75 Å². The Morgan fingerprint density at radius 1 is 1.39 bits per heavy atom. The standard InChI is InChI=1S/C13H18FNO3/c1-8(15-3)10-5-6-12(11(14)7-10)18-9(2)13(16)17-4/h5-9,15H,1-4H3. The lowest BCUT2D eigenvalue weighted by atomic mass is 10.1. The van der Waals surface area contributed by atoms with Gasteiger partial charge in [-0.3, -0.25) is 0 Å². The van der Waals surface area contributed by atoms with Gasteiger partial charge in [0.05, 0.1) is 7.11 Å². The predicted molar refractivity (Wildman–Crippen MR) is 66.0 cm³/mol. The maximum absolute atomic E-state index is 13.8. The topological polar surface area (TPSA) is 47.6 Å². The number of carbonyl (C=O) groups excluding carboxylic acids is 1. The van der Waals surface area contributed by atoms with Crippen LogP contribution in [-0.2, 0) is 9.53 Å². The summed E-state index contributed by atoms with van der Waals surface area (Å²) in [7, 11) is 3.06. The molecule has 0 bridgehead atoms. The molecule has 18 heavy (non-hydrogen) atoms. The summed E-state index contributed by atoms with van der Waals surface area (Å²) in [6.07, 6.45) is -0.836. The number of benzene rings is 1. The monoisotopic (exact) mass is 255 g/mol. The van der Waals surface area contributed by atoms with Crippen molar-refractivity contribution in [3.8, 4) is 5.75 Å². The van der Waals surface area contributed by atoms with E-state index >= 15 is 0 Å². The van der Waals surface area contributed by atoms with E-state index in [1.54, 1.807) is 13.1 Å². The molecule has 1 aromatic rings. The van der Waals surface area contributed by atoms with Crippen molar-refractivity contribution in [1.82, 2.24) is 5.32 Å². The van der Waals surface area contributed by atoms with Gasteiger partial charge < -0.3 is 14.8 Å². The first-order valence-electron chi connectivity index (χ1n) is 5.70. The van der Waals surface area contributed by atoms with Crippen molar-refractivity contribution in [3.63, 3.8) is 0 Å². The highest BCUT2D eigenvalue weighted by atomic mass is 19.1. The number of methoxy groups -OCH3 is 1. The Morgan fingerprint density at radius 2 is 2.06 bits per heavy atom. The molecule has 100 valence electrons. The van der Waals surface area contributed by atoms with E-state index in [0.29, 0.717) is 0 Å². The van der Waals surface area contributed by atoms with Crippen molar-refractivity contribution in [1.29, 1.82) is 0 Å². The minimum Gasteiger partial charge on any atom is -0.476 e. The third kappa shape index (κ3) is 3.43. The van der Waals surface area contributed by atoms with Gasteiger partial charge in [0.2, 0.25) is 0 Å². The smallest absolute Gasteiger partial charge is 0.346 e. The Morgan fingerprint density at radius 3 is 2.56 bits per heavy atom. The molecule has 0 aliphatic rings. The van der Waals surface area contributed by atoms with Gasteiger partial charge in [0.1, 0.15) is 0 Å². The third-order valence-corrected chi connectivity index (χ3v) is 2.73. The lowest BCUT2D eigenvalue weighted by Crippen LogP contribution is -2.25. The number of nitrogens with one attached hydrogen (secondary N) is 1. The Bertz CT molecular complexity index is 423. The highest BCUT2D eigenvalue weighted by molar-refractivity contribution is 5.74. The van der Waals surface area contributed by atoms with E-state index in [-0.39, 0.29) is 11.8 Å². The average molecular weight is 255 g/mol. The van der Waals surface area contributed by atoms with Crippen LogP contribution in [-0.4, -0.2) is 26.2 Å². The fourth-order valence-electron chi connectivity index (χ4n) is 1.45. The van der Waals surface area contributed by atoms with Crippen molar-refractivity contribution >= 4 is 5.97 Å². The molecule has 4 nitrogen and oxygen atoms in total. The SMILES string of the molecule is CNC(C)c1ccc(OC(C)C(=O)OC)c(F)c1.